The number of rotatable bonds is 3. The molecule has 1 saturated heterocycles. The summed E-state index contributed by atoms with van der Waals surface area (Å²) in [6, 6.07) is 0. The second kappa shape index (κ2) is 5.37. The lowest BCUT2D eigenvalue weighted by molar-refractivity contribution is -0.133. The molecule has 2 amide bonds. The van der Waals surface area contributed by atoms with E-state index < -0.39 is 5.92 Å². The molecule has 0 radical (unpaired) electrons. The van der Waals surface area contributed by atoms with Crippen molar-refractivity contribution in [3.63, 3.8) is 0 Å². The Morgan fingerprint density at radius 2 is 2.06 bits per heavy atom. The summed E-state index contributed by atoms with van der Waals surface area (Å²) in [6.45, 7) is 6.08. The minimum Gasteiger partial charge on any atom is -0.314 e. The first kappa shape index (κ1) is 12.2. The summed E-state index contributed by atoms with van der Waals surface area (Å²) in [4.78, 5) is 29.4. The Bertz CT molecular complexity index is 347. The van der Waals surface area contributed by atoms with Gasteiger partial charge in [-0.05, 0) is 6.42 Å². The summed E-state index contributed by atoms with van der Waals surface area (Å²) >= 11 is 0. The zero-order valence-electron chi connectivity index (χ0n) is 10.0. The van der Waals surface area contributed by atoms with E-state index in [-0.39, 0.29) is 11.8 Å². The first-order valence-electron chi connectivity index (χ1n) is 6.06. The first-order valence-corrected chi connectivity index (χ1v) is 6.06. The fourth-order valence-corrected chi connectivity index (χ4v) is 2.10. The molecule has 0 aliphatic carbocycles. The molecule has 0 aromatic heterocycles. The molecule has 2 rings (SSSR count). The van der Waals surface area contributed by atoms with Gasteiger partial charge in [-0.3, -0.25) is 14.5 Å². The number of amides is 2. The Hall–Kier alpha value is -1.27. The van der Waals surface area contributed by atoms with Gasteiger partial charge in [-0.2, -0.15) is 4.99 Å². The molecule has 1 fully saturated rings. The summed E-state index contributed by atoms with van der Waals surface area (Å²) in [5.74, 6) is -0.618. The summed E-state index contributed by atoms with van der Waals surface area (Å²) < 4.78 is 0. The van der Waals surface area contributed by atoms with Gasteiger partial charge in [0.15, 0.2) is 0 Å². The highest BCUT2D eigenvalue weighted by molar-refractivity contribution is 6.16. The third kappa shape index (κ3) is 2.89. The van der Waals surface area contributed by atoms with Gasteiger partial charge >= 0.3 is 0 Å². The fraction of sp³-hybridized carbons (Fsp3) is 0.727. The smallest absolute Gasteiger partial charge is 0.259 e. The van der Waals surface area contributed by atoms with Crippen molar-refractivity contribution in [3.8, 4) is 0 Å². The van der Waals surface area contributed by atoms with Crippen molar-refractivity contribution in [2.75, 3.05) is 32.7 Å². The highest BCUT2D eigenvalue weighted by atomic mass is 16.2. The van der Waals surface area contributed by atoms with Gasteiger partial charge in [-0.15, -0.1) is 0 Å². The van der Waals surface area contributed by atoms with Crippen LogP contribution in [0.1, 0.15) is 13.3 Å². The maximum atomic E-state index is 11.6. The molecular weight excluding hydrogens is 220 g/mol. The van der Waals surface area contributed by atoms with E-state index in [4.69, 9.17) is 0 Å². The van der Waals surface area contributed by atoms with Crippen molar-refractivity contribution in [1.82, 2.24) is 15.5 Å². The van der Waals surface area contributed by atoms with Crippen LogP contribution in [0.4, 0.5) is 0 Å². The quantitative estimate of drug-likeness (QED) is 0.617. The number of hydrogen-bond acceptors (Lipinski definition) is 4. The maximum Gasteiger partial charge on any atom is 0.259 e. The second-order valence-electron chi connectivity index (χ2n) is 4.37. The standard InChI is InChI=1S/C11H18N4O2/c1-2-8-10(16)13-9(14-11(8)17)7-15-5-3-12-4-6-15/h8,12H,2-7H2,1H3,(H,13,14,16,17). The number of piperazine rings is 1. The monoisotopic (exact) mass is 238 g/mol. The minimum atomic E-state index is -0.596. The minimum absolute atomic E-state index is 0.211. The predicted octanol–water partition coefficient (Wildman–Crippen LogP) is -1.03. The molecule has 0 saturated carbocycles. The molecule has 2 aliphatic rings. The zero-order chi connectivity index (χ0) is 12.3. The number of carbonyl (C=O) groups is 2. The van der Waals surface area contributed by atoms with Crippen LogP contribution >= 0.6 is 0 Å². The summed E-state index contributed by atoms with van der Waals surface area (Å²) in [5.41, 5.74) is 0. The zero-order valence-corrected chi connectivity index (χ0v) is 10.0. The van der Waals surface area contributed by atoms with Crippen molar-refractivity contribution in [2.45, 2.75) is 13.3 Å². The van der Waals surface area contributed by atoms with Gasteiger partial charge in [0.1, 0.15) is 11.8 Å². The van der Waals surface area contributed by atoms with Gasteiger partial charge < -0.3 is 10.6 Å². The second-order valence-corrected chi connectivity index (χ2v) is 4.37. The molecule has 0 spiro atoms. The Morgan fingerprint density at radius 1 is 1.35 bits per heavy atom. The largest absolute Gasteiger partial charge is 0.314 e. The topological polar surface area (TPSA) is 73.8 Å². The number of hydrogen-bond donors (Lipinski definition) is 2. The highest BCUT2D eigenvalue weighted by Crippen LogP contribution is 2.09. The Morgan fingerprint density at radius 3 is 2.65 bits per heavy atom. The molecule has 2 N–H and O–H groups in total. The molecule has 0 bridgehead atoms. The van der Waals surface area contributed by atoms with Crippen LogP contribution in [0.5, 0.6) is 0 Å². The lowest BCUT2D eigenvalue weighted by Crippen LogP contribution is -2.51. The van der Waals surface area contributed by atoms with Crippen LogP contribution in [0.15, 0.2) is 4.99 Å². The number of amidine groups is 1. The van der Waals surface area contributed by atoms with E-state index in [0.717, 1.165) is 26.2 Å². The first-order chi connectivity index (χ1) is 8.20. The molecule has 0 aromatic carbocycles. The molecule has 0 aromatic rings. The molecule has 17 heavy (non-hydrogen) atoms. The van der Waals surface area contributed by atoms with Crippen molar-refractivity contribution in [2.24, 2.45) is 10.9 Å². The van der Waals surface area contributed by atoms with Gasteiger partial charge in [-0.25, -0.2) is 0 Å². The SMILES string of the molecule is CCC1C(=O)N=C(CN2CCNCC2)NC1=O. The average molecular weight is 238 g/mol. The van der Waals surface area contributed by atoms with E-state index in [1.54, 1.807) is 0 Å². The summed E-state index contributed by atoms with van der Waals surface area (Å²) in [5, 5.41) is 5.97. The summed E-state index contributed by atoms with van der Waals surface area (Å²) in [7, 11) is 0. The molecule has 6 nitrogen and oxygen atoms in total. The van der Waals surface area contributed by atoms with Crippen molar-refractivity contribution in [3.05, 3.63) is 0 Å². The third-order valence-electron chi connectivity index (χ3n) is 3.12. The van der Waals surface area contributed by atoms with Crippen molar-refractivity contribution < 1.29 is 9.59 Å². The number of carbonyl (C=O) groups excluding carboxylic acids is 2. The lowest BCUT2D eigenvalue weighted by atomic mass is 10.0. The van der Waals surface area contributed by atoms with Gasteiger partial charge in [0.2, 0.25) is 5.91 Å². The fourth-order valence-electron chi connectivity index (χ4n) is 2.10. The van der Waals surface area contributed by atoms with E-state index >= 15 is 0 Å². The highest BCUT2D eigenvalue weighted by Gasteiger charge is 2.30. The van der Waals surface area contributed by atoms with Crippen molar-refractivity contribution in [1.29, 1.82) is 0 Å². The van der Waals surface area contributed by atoms with Gasteiger partial charge in [0, 0.05) is 26.2 Å². The van der Waals surface area contributed by atoms with E-state index in [1.165, 1.54) is 0 Å². The van der Waals surface area contributed by atoms with E-state index in [0.29, 0.717) is 18.8 Å². The number of aliphatic imine (C=N–C) groups is 1. The molecule has 2 heterocycles. The Balaban J connectivity index is 1.97. The van der Waals surface area contributed by atoms with Crippen LogP contribution < -0.4 is 10.6 Å². The van der Waals surface area contributed by atoms with Gasteiger partial charge in [-0.1, -0.05) is 6.92 Å². The van der Waals surface area contributed by atoms with Crippen LogP contribution in [0.3, 0.4) is 0 Å². The number of nitrogens with one attached hydrogen (secondary N) is 2. The van der Waals surface area contributed by atoms with E-state index in [1.807, 2.05) is 6.92 Å². The molecular formula is C11H18N4O2. The predicted molar refractivity (Wildman–Crippen MR) is 63.7 cm³/mol. The Kier molecular flexibility index (Phi) is 3.86. The van der Waals surface area contributed by atoms with Gasteiger partial charge in [0.25, 0.3) is 5.91 Å². The molecule has 1 atom stereocenters. The van der Waals surface area contributed by atoms with Crippen molar-refractivity contribution >= 4 is 17.6 Å². The van der Waals surface area contributed by atoms with E-state index in [2.05, 4.69) is 20.5 Å². The molecule has 1 unspecified atom stereocenters. The Labute approximate surface area is 100 Å². The lowest BCUT2D eigenvalue weighted by Gasteiger charge is -2.29. The summed E-state index contributed by atoms with van der Waals surface area (Å²) in [6.07, 6.45) is 0.509. The molecule has 2 aliphatic heterocycles. The molecule has 94 valence electrons. The van der Waals surface area contributed by atoms with Crippen LogP contribution in [0.25, 0.3) is 0 Å². The van der Waals surface area contributed by atoms with Crippen LogP contribution in [0.2, 0.25) is 0 Å². The average Bonchev–Trinajstić information content (AvgIpc) is 2.30. The normalized spacial score (nSPS) is 26.6. The van der Waals surface area contributed by atoms with Gasteiger partial charge in [0.05, 0.1) is 6.54 Å². The molecule has 6 heteroatoms. The maximum absolute atomic E-state index is 11.6. The van der Waals surface area contributed by atoms with Crippen LogP contribution in [-0.4, -0.2) is 55.3 Å². The van der Waals surface area contributed by atoms with Crippen LogP contribution in [-0.2, 0) is 9.59 Å². The number of nitrogens with zero attached hydrogens (tertiary/aromatic N) is 2. The third-order valence-corrected chi connectivity index (χ3v) is 3.12. The van der Waals surface area contributed by atoms with Crippen LogP contribution in [0, 0.1) is 5.92 Å². The van der Waals surface area contributed by atoms with E-state index in [9.17, 15) is 9.59 Å².